The van der Waals surface area contributed by atoms with Crippen LogP contribution in [0.4, 0.5) is 5.69 Å². The van der Waals surface area contributed by atoms with E-state index in [0.29, 0.717) is 34.0 Å². The van der Waals surface area contributed by atoms with Crippen molar-refractivity contribution in [2.45, 2.75) is 31.9 Å². The first-order chi connectivity index (χ1) is 12.2. The molecule has 0 spiro atoms. The van der Waals surface area contributed by atoms with E-state index in [-0.39, 0.29) is 11.3 Å². The third-order valence-corrected chi connectivity index (χ3v) is 4.59. The van der Waals surface area contributed by atoms with Crippen LogP contribution in [0.1, 0.15) is 42.6 Å². The summed E-state index contributed by atoms with van der Waals surface area (Å²) in [4.78, 5) is 17.0. The molecule has 3 rings (SSSR count). The van der Waals surface area contributed by atoms with E-state index in [4.69, 9.17) is 4.42 Å². The van der Waals surface area contributed by atoms with Crippen LogP contribution in [-0.2, 0) is 22.0 Å². The molecule has 0 saturated carbocycles. The zero-order chi connectivity index (χ0) is 18.9. The lowest BCUT2D eigenvalue weighted by Crippen LogP contribution is -2.12. The zero-order valence-corrected chi connectivity index (χ0v) is 16.1. The van der Waals surface area contributed by atoms with Gasteiger partial charge in [0.05, 0.1) is 0 Å². The maximum absolute atomic E-state index is 12.5. The lowest BCUT2D eigenvalue weighted by Gasteiger charge is -2.11. The average molecular weight is 370 g/mol. The number of hydrogen-bond donors (Lipinski definition) is 1. The maximum atomic E-state index is 12.5. The van der Waals surface area contributed by atoms with Gasteiger partial charge in [0.25, 0.3) is 5.91 Å². The molecule has 0 bridgehead atoms. The van der Waals surface area contributed by atoms with Crippen LogP contribution in [0.2, 0.25) is 0 Å². The number of carbonyl (C=O) groups is 1. The number of rotatable bonds is 4. The maximum Gasteiger partial charge on any atom is 0.255 e. The zero-order valence-electron chi connectivity index (χ0n) is 15.3. The molecule has 1 heterocycles. The smallest absolute Gasteiger partial charge is 0.255 e. The van der Waals surface area contributed by atoms with Crippen molar-refractivity contribution >= 4 is 33.5 Å². The molecule has 0 radical (unpaired) electrons. The summed E-state index contributed by atoms with van der Waals surface area (Å²) in [7, 11) is -0.947. The van der Waals surface area contributed by atoms with Gasteiger partial charge in [-0.3, -0.25) is 9.00 Å². The normalized spacial score (nSPS) is 12.9. The van der Waals surface area contributed by atoms with E-state index < -0.39 is 10.8 Å². The van der Waals surface area contributed by atoms with Crippen LogP contribution >= 0.6 is 0 Å². The second-order valence-corrected chi connectivity index (χ2v) is 8.76. The Hall–Kier alpha value is -2.47. The third-order valence-electron chi connectivity index (χ3n) is 3.85. The summed E-state index contributed by atoms with van der Waals surface area (Å²) in [5.74, 6) is 0.880. The first kappa shape index (κ1) is 18.3. The van der Waals surface area contributed by atoms with Crippen LogP contribution < -0.4 is 5.32 Å². The van der Waals surface area contributed by atoms with E-state index in [1.807, 2.05) is 32.9 Å². The number of amides is 1. The highest BCUT2D eigenvalue weighted by Crippen LogP contribution is 2.27. The molecule has 1 aromatic heterocycles. The summed E-state index contributed by atoms with van der Waals surface area (Å²) in [6.45, 7) is 6.12. The van der Waals surface area contributed by atoms with Crippen molar-refractivity contribution in [2.75, 3.05) is 11.6 Å². The number of fused-ring (bicyclic) bond motifs is 1. The van der Waals surface area contributed by atoms with Gasteiger partial charge >= 0.3 is 0 Å². The van der Waals surface area contributed by atoms with Crippen LogP contribution in [0.25, 0.3) is 11.1 Å². The Morgan fingerprint density at radius 2 is 1.96 bits per heavy atom. The molecule has 6 heteroatoms. The fourth-order valence-corrected chi connectivity index (χ4v) is 3.22. The van der Waals surface area contributed by atoms with Gasteiger partial charge in [-0.05, 0) is 35.9 Å². The number of carbonyl (C=O) groups excluding carboxylic acids is 1. The van der Waals surface area contributed by atoms with Gasteiger partial charge in [0.15, 0.2) is 5.58 Å². The number of nitrogens with one attached hydrogen (secondary N) is 1. The second-order valence-electron chi connectivity index (χ2n) is 7.32. The number of hydrogen-bond acceptors (Lipinski definition) is 4. The van der Waals surface area contributed by atoms with Crippen LogP contribution in [0, 0.1) is 0 Å². The summed E-state index contributed by atoms with van der Waals surface area (Å²) in [5, 5.41) is 2.88. The summed E-state index contributed by atoms with van der Waals surface area (Å²) >= 11 is 0. The van der Waals surface area contributed by atoms with Crippen LogP contribution in [-0.4, -0.2) is 21.4 Å². The Morgan fingerprint density at radius 3 is 2.65 bits per heavy atom. The lowest BCUT2D eigenvalue weighted by atomic mass is 9.97. The van der Waals surface area contributed by atoms with E-state index in [1.54, 1.807) is 36.6 Å². The molecular formula is C20H22N2O3S. The molecule has 5 nitrogen and oxygen atoms in total. The van der Waals surface area contributed by atoms with Crippen LogP contribution in [0.3, 0.4) is 0 Å². The van der Waals surface area contributed by atoms with Gasteiger partial charge < -0.3 is 9.73 Å². The van der Waals surface area contributed by atoms with Gasteiger partial charge in [-0.15, -0.1) is 0 Å². The number of benzene rings is 2. The van der Waals surface area contributed by atoms with E-state index >= 15 is 0 Å². The molecule has 136 valence electrons. The SMILES string of the molecule is CS(=O)Cc1cccc(C(=O)Nc2ccc3oc(C(C)(C)C)nc3c2)c1. The van der Waals surface area contributed by atoms with Crippen molar-refractivity contribution in [3.05, 3.63) is 59.5 Å². The van der Waals surface area contributed by atoms with Crippen molar-refractivity contribution in [1.82, 2.24) is 4.98 Å². The van der Waals surface area contributed by atoms with Gasteiger partial charge in [0.2, 0.25) is 5.89 Å². The molecule has 1 N–H and O–H groups in total. The molecule has 0 aliphatic rings. The van der Waals surface area contributed by atoms with Crippen LogP contribution in [0.5, 0.6) is 0 Å². The van der Waals surface area contributed by atoms with E-state index in [0.717, 1.165) is 5.56 Å². The average Bonchev–Trinajstić information content (AvgIpc) is 2.98. The fraction of sp³-hybridized carbons (Fsp3) is 0.300. The standard InChI is InChI=1S/C20H22N2O3S/c1-20(2,3)19-22-16-11-15(8-9-17(16)25-19)21-18(23)14-7-5-6-13(10-14)12-26(4)24/h5-11H,12H2,1-4H3,(H,21,23). The first-order valence-electron chi connectivity index (χ1n) is 8.34. The third kappa shape index (κ3) is 4.19. The van der Waals surface area contributed by atoms with E-state index in [9.17, 15) is 9.00 Å². The van der Waals surface area contributed by atoms with Gasteiger partial charge in [-0.25, -0.2) is 4.98 Å². The van der Waals surface area contributed by atoms with Crippen LogP contribution in [0.15, 0.2) is 46.9 Å². The van der Waals surface area contributed by atoms with Crippen molar-refractivity contribution < 1.29 is 13.4 Å². The molecule has 0 aliphatic carbocycles. The van der Waals surface area contributed by atoms with Crippen molar-refractivity contribution in [1.29, 1.82) is 0 Å². The molecule has 3 aromatic rings. The molecule has 26 heavy (non-hydrogen) atoms. The molecule has 0 aliphatic heterocycles. The first-order valence-corrected chi connectivity index (χ1v) is 10.1. The Kier molecular flexibility index (Phi) is 4.96. The van der Waals surface area contributed by atoms with E-state index in [2.05, 4.69) is 10.3 Å². The minimum Gasteiger partial charge on any atom is -0.440 e. The highest BCUT2D eigenvalue weighted by atomic mass is 32.2. The summed E-state index contributed by atoms with van der Waals surface area (Å²) in [5.41, 5.74) is 3.29. The Bertz CT molecular complexity index is 986. The number of aromatic nitrogens is 1. The van der Waals surface area contributed by atoms with Gasteiger partial charge in [0.1, 0.15) is 5.52 Å². The highest BCUT2D eigenvalue weighted by molar-refractivity contribution is 7.83. The van der Waals surface area contributed by atoms with Gasteiger partial charge in [-0.1, -0.05) is 32.9 Å². The van der Waals surface area contributed by atoms with Crippen molar-refractivity contribution in [3.63, 3.8) is 0 Å². The van der Waals surface area contributed by atoms with Crippen molar-refractivity contribution in [2.24, 2.45) is 0 Å². The molecule has 2 aromatic carbocycles. The largest absolute Gasteiger partial charge is 0.440 e. The monoisotopic (exact) mass is 370 g/mol. The Morgan fingerprint density at radius 1 is 1.19 bits per heavy atom. The topological polar surface area (TPSA) is 72.2 Å². The summed E-state index contributed by atoms with van der Waals surface area (Å²) in [6.07, 6.45) is 1.64. The molecular weight excluding hydrogens is 348 g/mol. The number of oxazole rings is 1. The molecule has 0 fully saturated rings. The highest BCUT2D eigenvalue weighted by Gasteiger charge is 2.21. The Labute approximate surface area is 155 Å². The van der Waals surface area contributed by atoms with E-state index in [1.165, 1.54) is 0 Å². The van der Waals surface area contributed by atoms with Crippen molar-refractivity contribution in [3.8, 4) is 0 Å². The van der Waals surface area contributed by atoms with Gasteiger partial charge in [0, 0.05) is 39.5 Å². The number of anilines is 1. The molecule has 1 amide bonds. The fourth-order valence-electron chi connectivity index (χ4n) is 2.57. The predicted molar refractivity (Wildman–Crippen MR) is 105 cm³/mol. The molecule has 1 unspecified atom stereocenters. The number of nitrogens with zero attached hydrogens (tertiary/aromatic N) is 1. The minimum atomic E-state index is -0.947. The second kappa shape index (κ2) is 7.03. The Balaban J connectivity index is 1.82. The van der Waals surface area contributed by atoms with Gasteiger partial charge in [-0.2, -0.15) is 0 Å². The quantitative estimate of drug-likeness (QED) is 0.745. The lowest BCUT2D eigenvalue weighted by molar-refractivity contribution is 0.102. The molecule has 0 saturated heterocycles. The molecule has 1 atom stereocenters. The predicted octanol–water partition coefficient (Wildman–Crippen LogP) is 4.26. The summed E-state index contributed by atoms with van der Waals surface area (Å²) < 4.78 is 17.2. The summed E-state index contributed by atoms with van der Waals surface area (Å²) in [6, 6.07) is 12.6. The minimum absolute atomic E-state index is 0.178.